The summed E-state index contributed by atoms with van der Waals surface area (Å²) in [5.74, 6) is 1.26. The standard InChI is InChI=1S/C23H28N4OS2/c1-15(2)27-22(19-13-29-20-12-8-7-11-18(19)20)25-26-23(27)30-14-21(28)24-16(3)17-9-5-4-6-10-17/h4-6,9-10,13,15-16H,7-8,11-12,14H2,1-3H3,(H,24,28). The third-order valence-electron chi connectivity index (χ3n) is 5.49. The number of hydrogen-bond acceptors (Lipinski definition) is 5. The van der Waals surface area contributed by atoms with Crippen LogP contribution in [0.3, 0.4) is 0 Å². The zero-order chi connectivity index (χ0) is 21.1. The molecule has 7 heteroatoms. The molecule has 1 unspecified atom stereocenters. The summed E-state index contributed by atoms with van der Waals surface area (Å²) >= 11 is 3.30. The van der Waals surface area contributed by atoms with E-state index in [0.29, 0.717) is 5.75 Å². The number of benzene rings is 1. The fraction of sp³-hybridized carbons (Fsp3) is 0.435. The molecule has 158 valence electrons. The van der Waals surface area contributed by atoms with Crippen LogP contribution in [0.1, 0.15) is 61.7 Å². The van der Waals surface area contributed by atoms with Crippen LogP contribution in [0.4, 0.5) is 0 Å². The number of thioether (sulfide) groups is 1. The van der Waals surface area contributed by atoms with E-state index in [1.807, 2.05) is 48.6 Å². The smallest absolute Gasteiger partial charge is 0.230 e. The van der Waals surface area contributed by atoms with Gasteiger partial charge in [-0.2, -0.15) is 0 Å². The highest BCUT2D eigenvalue weighted by molar-refractivity contribution is 7.99. The van der Waals surface area contributed by atoms with Crippen LogP contribution in [0.2, 0.25) is 0 Å². The third kappa shape index (κ3) is 4.47. The van der Waals surface area contributed by atoms with Crippen LogP contribution < -0.4 is 5.32 Å². The SMILES string of the molecule is CC(NC(=O)CSc1nnc(-c2csc3c2CCCC3)n1C(C)C)c1ccccc1. The van der Waals surface area contributed by atoms with Crippen molar-refractivity contribution >= 4 is 29.0 Å². The molecular weight excluding hydrogens is 412 g/mol. The van der Waals surface area contributed by atoms with Crippen LogP contribution in [-0.4, -0.2) is 26.4 Å². The van der Waals surface area contributed by atoms with E-state index in [2.05, 4.69) is 39.3 Å². The minimum Gasteiger partial charge on any atom is -0.349 e. The molecular formula is C23H28N4OS2. The van der Waals surface area contributed by atoms with E-state index in [0.717, 1.165) is 23.0 Å². The monoisotopic (exact) mass is 440 g/mol. The summed E-state index contributed by atoms with van der Waals surface area (Å²) in [7, 11) is 0. The van der Waals surface area contributed by atoms with Gasteiger partial charge in [-0.1, -0.05) is 42.1 Å². The summed E-state index contributed by atoms with van der Waals surface area (Å²) in [6.07, 6.45) is 4.83. The van der Waals surface area contributed by atoms with Crippen LogP contribution >= 0.6 is 23.1 Å². The summed E-state index contributed by atoms with van der Waals surface area (Å²) in [4.78, 5) is 14.0. The molecule has 3 aromatic rings. The fourth-order valence-electron chi connectivity index (χ4n) is 3.94. The quantitative estimate of drug-likeness (QED) is 0.497. The predicted octanol–water partition coefficient (Wildman–Crippen LogP) is 5.44. The lowest BCUT2D eigenvalue weighted by atomic mass is 9.95. The van der Waals surface area contributed by atoms with Gasteiger partial charge in [0, 0.05) is 21.9 Å². The number of thiophene rings is 1. The van der Waals surface area contributed by atoms with Crippen molar-refractivity contribution in [2.45, 2.75) is 63.7 Å². The first kappa shape index (κ1) is 21.1. The Kier molecular flexibility index (Phi) is 6.58. The van der Waals surface area contributed by atoms with Crippen LogP contribution in [0.15, 0.2) is 40.9 Å². The van der Waals surface area contributed by atoms with Gasteiger partial charge in [0.15, 0.2) is 11.0 Å². The highest BCUT2D eigenvalue weighted by Crippen LogP contribution is 2.37. The van der Waals surface area contributed by atoms with Crippen molar-refractivity contribution in [1.82, 2.24) is 20.1 Å². The van der Waals surface area contributed by atoms with E-state index in [-0.39, 0.29) is 18.0 Å². The summed E-state index contributed by atoms with van der Waals surface area (Å²) in [5, 5.41) is 15.1. The minimum absolute atomic E-state index is 0.00382. The molecule has 0 saturated carbocycles. The van der Waals surface area contributed by atoms with E-state index in [4.69, 9.17) is 0 Å². The van der Waals surface area contributed by atoms with E-state index in [9.17, 15) is 4.79 Å². The molecule has 0 bridgehead atoms. The molecule has 2 heterocycles. The second-order valence-corrected chi connectivity index (χ2v) is 9.92. The van der Waals surface area contributed by atoms with Crippen molar-refractivity contribution in [2.75, 3.05) is 5.75 Å². The molecule has 1 atom stereocenters. The lowest BCUT2D eigenvalue weighted by Gasteiger charge is -2.17. The first-order chi connectivity index (χ1) is 14.5. The van der Waals surface area contributed by atoms with Crippen molar-refractivity contribution in [2.24, 2.45) is 0 Å². The van der Waals surface area contributed by atoms with Crippen molar-refractivity contribution in [3.8, 4) is 11.4 Å². The van der Waals surface area contributed by atoms with E-state index < -0.39 is 0 Å². The van der Waals surface area contributed by atoms with Crippen molar-refractivity contribution in [3.05, 3.63) is 51.7 Å². The molecule has 0 saturated heterocycles. The van der Waals surface area contributed by atoms with Crippen LogP contribution in [-0.2, 0) is 17.6 Å². The number of amides is 1. The van der Waals surface area contributed by atoms with Crippen molar-refractivity contribution in [3.63, 3.8) is 0 Å². The Hall–Kier alpha value is -2.12. The number of aryl methyl sites for hydroxylation is 1. The summed E-state index contributed by atoms with van der Waals surface area (Å²) < 4.78 is 2.18. The van der Waals surface area contributed by atoms with Crippen molar-refractivity contribution in [1.29, 1.82) is 0 Å². The van der Waals surface area contributed by atoms with Gasteiger partial charge in [0.25, 0.3) is 0 Å². The molecule has 1 aliphatic carbocycles. The largest absolute Gasteiger partial charge is 0.349 e. The number of fused-ring (bicyclic) bond motifs is 1. The molecule has 30 heavy (non-hydrogen) atoms. The Bertz CT molecular complexity index is 1010. The Morgan fingerprint density at radius 1 is 1.17 bits per heavy atom. The average molecular weight is 441 g/mol. The van der Waals surface area contributed by atoms with E-state index >= 15 is 0 Å². The molecule has 1 amide bonds. The molecule has 0 spiro atoms. The molecule has 2 aromatic heterocycles. The molecule has 4 rings (SSSR count). The van der Waals surface area contributed by atoms with Crippen LogP contribution in [0.25, 0.3) is 11.4 Å². The number of hydrogen-bond donors (Lipinski definition) is 1. The maximum Gasteiger partial charge on any atom is 0.230 e. The second-order valence-electron chi connectivity index (χ2n) is 8.02. The Balaban J connectivity index is 1.47. The molecule has 5 nitrogen and oxygen atoms in total. The molecule has 1 N–H and O–H groups in total. The van der Waals surface area contributed by atoms with E-state index in [1.54, 1.807) is 0 Å². The lowest BCUT2D eigenvalue weighted by molar-refractivity contribution is -0.119. The lowest BCUT2D eigenvalue weighted by Crippen LogP contribution is -2.28. The van der Waals surface area contributed by atoms with Gasteiger partial charge in [-0.25, -0.2) is 0 Å². The fourth-order valence-corrected chi connectivity index (χ4v) is 5.95. The normalized spacial score (nSPS) is 14.5. The predicted molar refractivity (Wildman–Crippen MR) is 124 cm³/mol. The van der Waals surface area contributed by atoms with Gasteiger partial charge in [0.1, 0.15) is 0 Å². The van der Waals surface area contributed by atoms with Crippen molar-refractivity contribution < 1.29 is 4.79 Å². The van der Waals surface area contributed by atoms with Gasteiger partial charge >= 0.3 is 0 Å². The second kappa shape index (κ2) is 9.35. The van der Waals surface area contributed by atoms with E-state index in [1.165, 1.54) is 47.0 Å². The zero-order valence-electron chi connectivity index (χ0n) is 17.7. The summed E-state index contributed by atoms with van der Waals surface area (Å²) in [6, 6.07) is 10.2. The average Bonchev–Trinajstić information content (AvgIpc) is 3.36. The Labute approximate surface area is 186 Å². The molecule has 0 aliphatic heterocycles. The van der Waals surface area contributed by atoms with Gasteiger partial charge in [0.05, 0.1) is 11.8 Å². The minimum atomic E-state index is -0.0184. The first-order valence-electron chi connectivity index (χ1n) is 10.6. The third-order valence-corrected chi connectivity index (χ3v) is 7.52. The van der Waals surface area contributed by atoms with Gasteiger partial charge in [-0.05, 0) is 57.6 Å². The number of nitrogens with zero attached hydrogens (tertiary/aromatic N) is 3. The first-order valence-corrected chi connectivity index (χ1v) is 12.4. The number of rotatable bonds is 7. The van der Waals surface area contributed by atoms with Gasteiger partial charge in [-0.15, -0.1) is 21.5 Å². The summed E-state index contributed by atoms with van der Waals surface area (Å²) in [5.41, 5.74) is 3.78. The van der Waals surface area contributed by atoms with Gasteiger partial charge < -0.3 is 5.32 Å². The highest BCUT2D eigenvalue weighted by Gasteiger charge is 2.24. The maximum atomic E-state index is 12.5. The molecule has 1 aliphatic rings. The number of nitrogens with one attached hydrogen (secondary N) is 1. The van der Waals surface area contributed by atoms with Crippen LogP contribution in [0.5, 0.6) is 0 Å². The Morgan fingerprint density at radius 2 is 1.93 bits per heavy atom. The maximum absolute atomic E-state index is 12.5. The molecule has 0 fully saturated rings. The summed E-state index contributed by atoms with van der Waals surface area (Å²) in [6.45, 7) is 6.30. The molecule has 0 radical (unpaired) electrons. The number of aromatic nitrogens is 3. The number of carbonyl (C=O) groups is 1. The van der Waals surface area contributed by atoms with Gasteiger partial charge in [-0.3, -0.25) is 9.36 Å². The molecule has 1 aromatic carbocycles. The zero-order valence-corrected chi connectivity index (χ0v) is 19.4. The van der Waals surface area contributed by atoms with Gasteiger partial charge in [0.2, 0.25) is 5.91 Å². The highest BCUT2D eigenvalue weighted by atomic mass is 32.2. The Morgan fingerprint density at radius 3 is 2.70 bits per heavy atom. The number of carbonyl (C=O) groups excluding carboxylic acids is 1. The van der Waals surface area contributed by atoms with Crippen LogP contribution in [0, 0.1) is 0 Å². The topological polar surface area (TPSA) is 59.8 Å².